The smallest absolute Gasteiger partial charge is 0.273 e. The summed E-state index contributed by atoms with van der Waals surface area (Å²) >= 11 is 0. The third-order valence-electron chi connectivity index (χ3n) is 5.31. The molecule has 0 aliphatic carbocycles. The largest absolute Gasteiger partial charge is 0.387 e. The molecule has 0 unspecified atom stereocenters. The van der Waals surface area contributed by atoms with E-state index in [2.05, 4.69) is 25.5 Å². The number of rotatable bonds is 4. The minimum atomic E-state index is -0.421. The molecule has 1 fully saturated rings. The van der Waals surface area contributed by atoms with Gasteiger partial charge in [0.1, 0.15) is 11.5 Å². The van der Waals surface area contributed by atoms with E-state index in [1.54, 1.807) is 12.3 Å². The van der Waals surface area contributed by atoms with Gasteiger partial charge in [0.15, 0.2) is 5.60 Å². The number of hydrogen-bond acceptors (Lipinski definition) is 7. The van der Waals surface area contributed by atoms with E-state index in [1.165, 1.54) is 0 Å². The second-order valence-electron chi connectivity index (χ2n) is 7.34. The molecule has 1 saturated heterocycles. The van der Waals surface area contributed by atoms with Crippen molar-refractivity contribution in [1.29, 1.82) is 0 Å². The maximum absolute atomic E-state index is 12.6. The molecule has 1 amide bonds. The Labute approximate surface area is 157 Å². The van der Waals surface area contributed by atoms with Gasteiger partial charge in [-0.2, -0.15) is 0 Å². The Morgan fingerprint density at radius 3 is 2.93 bits per heavy atom. The predicted octanol–water partition coefficient (Wildman–Crippen LogP) is 2.35. The zero-order valence-electron chi connectivity index (χ0n) is 15.8. The molecule has 2 aliphatic rings. The highest BCUT2D eigenvalue weighted by Crippen LogP contribution is 2.35. The normalized spacial score (nSPS) is 22.1. The summed E-state index contributed by atoms with van der Waals surface area (Å²) in [6.07, 6.45) is 3.04. The number of oxime groups is 1. The van der Waals surface area contributed by atoms with Gasteiger partial charge in [-0.15, -0.1) is 0 Å². The van der Waals surface area contributed by atoms with E-state index in [0.29, 0.717) is 17.8 Å². The molecule has 142 valence electrons. The molecular formula is C19H23N5O3. The fourth-order valence-electron chi connectivity index (χ4n) is 3.69. The van der Waals surface area contributed by atoms with Crippen molar-refractivity contribution in [2.24, 2.45) is 5.16 Å². The number of anilines is 1. The van der Waals surface area contributed by atoms with Crippen LogP contribution in [0.15, 0.2) is 28.0 Å². The van der Waals surface area contributed by atoms with E-state index in [0.717, 1.165) is 48.8 Å². The molecule has 8 nitrogen and oxygen atoms in total. The van der Waals surface area contributed by atoms with Gasteiger partial charge in [-0.1, -0.05) is 10.3 Å². The third kappa shape index (κ3) is 3.44. The molecule has 2 aliphatic heterocycles. The van der Waals surface area contributed by atoms with Crippen LogP contribution in [0.1, 0.15) is 35.6 Å². The number of carbonyl (C=O) groups is 1. The van der Waals surface area contributed by atoms with Crippen molar-refractivity contribution in [3.63, 3.8) is 0 Å². The maximum atomic E-state index is 12.6. The number of carbonyl (C=O) groups excluding carboxylic acids is 1. The van der Waals surface area contributed by atoms with Gasteiger partial charge < -0.3 is 14.7 Å². The van der Waals surface area contributed by atoms with Crippen LogP contribution in [-0.2, 0) is 16.2 Å². The summed E-state index contributed by atoms with van der Waals surface area (Å²) in [7, 11) is 0. The molecule has 27 heavy (non-hydrogen) atoms. The van der Waals surface area contributed by atoms with Crippen LogP contribution in [0.5, 0.6) is 0 Å². The summed E-state index contributed by atoms with van der Waals surface area (Å²) in [5.41, 5.74) is 3.51. The average molecular weight is 369 g/mol. The van der Waals surface area contributed by atoms with Gasteiger partial charge in [0.25, 0.3) is 5.91 Å². The summed E-state index contributed by atoms with van der Waals surface area (Å²) in [4.78, 5) is 24.8. The Hall–Kier alpha value is -2.74. The molecule has 0 saturated carbocycles. The van der Waals surface area contributed by atoms with E-state index < -0.39 is 5.60 Å². The number of likely N-dealkylation sites (tertiary alicyclic amines) is 1. The summed E-state index contributed by atoms with van der Waals surface area (Å²) in [6.45, 7) is 8.12. The van der Waals surface area contributed by atoms with Crippen LogP contribution in [0, 0.1) is 20.8 Å². The SMILES string of the molecule is Cc1ncccc1NC(=O)C1=NO[C@]2(CCN(Cc3c(C)noc3C)C2)C1. The van der Waals surface area contributed by atoms with Crippen molar-refractivity contribution >= 4 is 17.3 Å². The van der Waals surface area contributed by atoms with Crippen molar-refractivity contribution < 1.29 is 14.2 Å². The first kappa shape index (κ1) is 17.7. The lowest BCUT2D eigenvalue weighted by molar-refractivity contribution is -0.110. The number of nitrogens with zero attached hydrogens (tertiary/aromatic N) is 4. The summed E-state index contributed by atoms with van der Waals surface area (Å²) in [6, 6.07) is 3.62. The van der Waals surface area contributed by atoms with Crippen molar-refractivity contribution in [2.75, 3.05) is 18.4 Å². The van der Waals surface area contributed by atoms with Gasteiger partial charge in [-0.25, -0.2) is 0 Å². The van der Waals surface area contributed by atoms with Crippen molar-refractivity contribution in [3.05, 3.63) is 41.0 Å². The first-order valence-corrected chi connectivity index (χ1v) is 9.08. The van der Waals surface area contributed by atoms with E-state index in [4.69, 9.17) is 9.36 Å². The monoisotopic (exact) mass is 369 g/mol. The van der Waals surface area contributed by atoms with Crippen molar-refractivity contribution in [1.82, 2.24) is 15.0 Å². The van der Waals surface area contributed by atoms with E-state index in [-0.39, 0.29) is 5.91 Å². The molecular weight excluding hydrogens is 346 g/mol. The molecule has 0 aromatic carbocycles. The number of aromatic nitrogens is 2. The zero-order chi connectivity index (χ0) is 19.0. The minimum absolute atomic E-state index is 0.229. The van der Waals surface area contributed by atoms with Crippen LogP contribution in [0.25, 0.3) is 0 Å². The number of pyridine rings is 1. The number of nitrogens with one attached hydrogen (secondary N) is 1. The average Bonchev–Trinajstić information content (AvgIpc) is 3.34. The standard InChI is InChI=1S/C19H23N5O3/c1-12-15(14(3)26-22-12)10-24-8-6-19(11-24)9-17(23-27-19)18(25)21-16-5-4-7-20-13(16)2/h4-5,7H,6,8-11H2,1-3H3,(H,21,25)/t19-/m1/s1. The van der Waals surface area contributed by atoms with Gasteiger partial charge in [-0.05, 0) is 32.9 Å². The van der Waals surface area contributed by atoms with Crippen LogP contribution in [0.3, 0.4) is 0 Å². The second-order valence-corrected chi connectivity index (χ2v) is 7.34. The molecule has 2 aromatic rings. The Morgan fingerprint density at radius 1 is 1.33 bits per heavy atom. The molecule has 2 aromatic heterocycles. The molecule has 0 radical (unpaired) electrons. The number of aryl methyl sites for hydroxylation is 3. The minimum Gasteiger partial charge on any atom is -0.387 e. The highest BCUT2D eigenvalue weighted by atomic mass is 16.7. The Morgan fingerprint density at radius 2 is 2.19 bits per heavy atom. The Bertz CT molecular complexity index is 887. The lowest BCUT2D eigenvalue weighted by atomic mass is 9.96. The third-order valence-corrected chi connectivity index (χ3v) is 5.31. The second kappa shape index (κ2) is 6.77. The van der Waals surface area contributed by atoms with E-state index >= 15 is 0 Å². The van der Waals surface area contributed by atoms with Gasteiger partial charge in [0.2, 0.25) is 0 Å². The molecule has 0 bridgehead atoms. The molecule has 8 heteroatoms. The first-order valence-electron chi connectivity index (χ1n) is 9.08. The van der Waals surface area contributed by atoms with Crippen LogP contribution >= 0.6 is 0 Å². The van der Waals surface area contributed by atoms with Gasteiger partial charge in [0, 0.05) is 44.2 Å². The van der Waals surface area contributed by atoms with E-state index in [1.807, 2.05) is 26.8 Å². The van der Waals surface area contributed by atoms with Crippen molar-refractivity contribution in [2.45, 2.75) is 45.8 Å². The van der Waals surface area contributed by atoms with Gasteiger partial charge in [-0.3, -0.25) is 14.7 Å². The molecule has 1 atom stereocenters. The number of hydrogen-bond donors (Lipinski definition) is 1. The van der Waals surface area contributed by atoms with E-state index in [9.17, 15) is 4.79 Å². The lowest BCUT2D eigenvalue weighted by Crippen LogP contribution is -2.35. The summed E-state index contributed by atoms with van der Waals surface area (Å²) in [5.74, 6) is 0.621. The van der Waals surface area contributed by atoms with Crippen LogP contribution in [0.4, 0.5) is 5.69 Å². The summed E-state index contributed by atoms with van der Waals surface area (Å²) in [5, 5.41) is 11.0. The Kier molecular flexibility index (Phi) is 4.43. The molecule has 1 spiro atoms. The topological polar surface area (TPSA) is 92.8 Å². The van der Waals surface area contributed by atoms with Gasteiger partial charge in [0.05, 0.1) is 17.1 Å². The number of amides is 1. The van der Waals surface area contributed by atoms with Crippen LogP contribution in [-0.4, -0.2) is 45.3 Å². The quantitative estimate of drug-likeness (QED) is 0.889. The highest BCUT2D eigenvalue weighted by molar-refractivity contribution is 6.43. The zero-order valence-corrected chi connectivity index (χ0v) is 15.8. The Balaban J connectivity index is 1.37. The molecule has 4 heterocycles. The lowest BCUT2D eigenvalue weighted by Gasteiger charge is -2.21. The predicted molar refractivity (Wildman–Crippen MR) is 99.3 cm³/mol. The summed E-state index contributed by atoms with van der Waals surface area (Å²) < 4.78 is 5.25. The fraction of sp³-hybridized carbons (Fsp3) is 0.474. The van der Waals surface area contributed by atoms with Crippen molar-refractivity contribution in [3.8, 4) is 0 Å². The molecule has 4 rings (SSSR count). The maximum Gasteiger partial charge on any atom is 0.273 e. The van der Waals surface area contributed by atoms with Crippen LogP contribution in [0.2, 0.25) is 0 Å². The molecule has 1 N–H and O–H groups in total. The first-order chi connectivity index (χ1) is 13.0. The highest BCUT2D eigenvalue weighted by Gasteiger charge is 2.46. The van der Waals surface area contributed by atoms with Gasteiger partial charge >= 0.3 is 0 Å². The van der Waals surface area contributed by atoms with Crippen LogP contribution < -0.4 is 5.32 Å². The fourth-order valence-corrected chi connectivity index (χ4v) is 3.69.